The molecule has 0 bridgehead atoms. The number of amides is 1. The quantitative estimate of drug-likeness (QED) is 0.904. The highest BCUT2D eigenvalue weighted by atomic mass is 32.2. The third-order valence-corrected chi connectivity index (χ3v) is 4.82. The van der Waals surface area contributed by atoms with Crippen molar-refractivity contribution in [3.05, 3.63) is 11.3 Å². The third kappa shape index (κ3) is 3.17. The number of aromatic nitrogens is 2. The lowest BCUT2D eigenvalue weighted by molar-refractivity contribution is -0.120. The molecule has 6 heteroatoms. The number of anilines is 1. The van der Waals surface area contributed by atoms with Crippen molar-refractivity contribution in [1.29, 1.82) is 0 Å². The van der Waals surface area contributed by atoms with Gasteiger partial charge >= 0.3 is 0 Å². The fraction of sp³-hybridized carbons (Fsp3) is 0.714. The van der Waals surface area contributed by atoms with E-state index in [0.717, 1.165) is 29.6 Å². The van der Waals surface area contributed by atoms with Crippen LogP contribution in [-0.4, -0.2) is 40.2 Å². The summed E-state index contributed by atoms with van der Waals surface area (Å²) in [5.41, 5.74) is 2.30. The van der Waals surface area contributed by atoms with E-state index in [9.17, 15) is 4.79 Å². The Labute approximate surface area is 125 Å². The Morgan fingerprint density at radius 1 is 1.45 bits per heavy atom. The Kier molecular flexibility index (Phi) is 4.75. The molecule has 112 valence electrons. The van der Waals surface area contributed by atoms with Gasteiger partial charge in [-0.1, -0.05) is 6.92 Å². The second kappa shape index (κ2) is 6.18. The zero-order valence-electron chi connectivity index (χ0n) is 12.9. The van der Waals surface area contributed by atoms with E-state index in [2.05, 4.69) is 29.2 Å². The zero-order chi connectivity index (χ0) is 14.9. The van der Waals surface area contributed by atoms with Crippen LogP contribution >= 0.6 is 11.8 Å². The predicted octanol–water partition coefficient (Wildman–Crippen LogP) is 2.08. The van der Waals surface area contributed by atoms with Gasteiger partial charge in [-0.05, 0) is 20.9 Å². The Morgan fingerprint density at radius 2 is 2.15 bits per heavy atom. The maximum atomic E-state index is 12.3. The summed E-state index contributed by atoms with van der Waals surface area (Å²) >= 11 is 1.85. The number of carbonyl (C=O) groups is 1. The monoisotopic (exact) mass is 296 g/mol. The Hall–Kier alpha value is -1.01. The number of thioether (sulfide) groups is 1. The molecular formula is C14H24N4OS. The van der Waals surface area contributed by atoms with Crippen LogP contribution in [0.1, 0.15) is 32.0 Å². The van der Waals surface area contributed by atoms with Gasteiger partial charge in [0.15, 0.2) is 0 Å². The van der Waals surface area contributed by atoms with Crippen LogP contribution in [0, 0.1) is 5.92 Å². The molecule has 1 aliphatic heterocycles. The van der Waals surface area contributed by atoms with E-state index >= 15 is 0 Å². The molecule has 0 radical (unpaired) electrons. The van der Waals surface area contributed by atoms with Gasteiger partial charge in [-0.25, -0.2) is 0 Å². The molecule has 1 aromatic heterocycles. The average Bonchev–Trinajstić information content (AvgIpc) is 2.92. The zero-order valence-corrected chi connectivity index (χ0v) is 13.8. The van der Waals surface area contributed by atoms with Crippen molar-refractivity contribution in [2.24, 2.45) is 13.0 Å². The third-order valence-electron chi connectivity index (χ3n) is 3.85. The van der Waals surface area contributed by atoms with Crippen LogP contribution in [0.25, 0.3) is 0 Å². The fourth-order valence-electron chi connectivity index (χ4n) is 2.26. The summed E-state index contributed by atoms with van der Waals surface area (Å²) in [4.78, 5) is 14.5. The van der Waals surface area contributed by atoms with E-state index in [-0.39, 0.29) is 11.8 Å². The summed E-state index contributed by atoms with van der Waals surface area (Å²) in [6.07, 6.45) is 0. The summed E-state index contributed by atoms with van der Waals surface area (Å²) < 4.78 is 1.79. The van der Waals surface area contributed by atoms with E-state index in [1.807, 2.05) is 32.8 Å². The van der Waals surface area contributed by atoms with Gasteiger partial charge in [0.05, 0.1) is 5.69 Å². The number of fused-ring (bicyclic) bond motifs is 1. The number of rotatable bonds is 5. The number of nitrogens with one attached hydrogen (secondary N) is 1. The first kappa shape index (κ1) is 15.4. The molecule has 1 amide bonds. The van der Waals surface area contributed by atoms with Crippen LogP contribution < -0.4 is 5.32 Å². The molecule has 0 aromatic carbocycles. The van der Waals surface area contributed by atoms with Crippen molar-refractivity contribution in [1.82, 2.24) is 14.7 Å². The first-order valence-corrected chi connectivity index (χ1v) is 8.19. The number of carbonyl (C=O) groups excluding carboxylic acids is 1. The minimum absolute atomic E-state index is 0.0398. The lowest BCUT2D eigenvalue weighted by atomic mass is 10.1. The predicted molar refractivity (Wildman–Crippen MR) is 83.8 cm³/mol. The van der Waals surface area contributed by atoms with Gasteiger partial charge in [-0.3, -0.25) is 9.48 Å². The molecule has 0 aliphatic carbocycles. The van der Waals surface area contributed by atoms with E-state index in [1.54, 1.807) is 4.68 Å². The van der Waals surface area contributed by atoms with E-state index in [4.69, 9.17) is 0 Å². The Balaban J connectivity index is 2.01. The molecule has 0 saturated carbocycles. The summed E-state index contributed by atoms with van der Waals surface area (Å²) in [6.45, 7) is 7.00. The highest BCUT2D eigenvalue weighted by molar-refractivity contribution is 7.98. The Morgan fingerprint density at radius 3 is 2.80 bits per heavy atom. The average molecular weight is 296 g/mol. The van der Waals surface area contributed by atoms with Crippen molar-refractivity contribution < 1.29 is 4.79 Å². The maximum Gasteiger partial charge on any atom is 0.229 e. The minimum Gasteiger partial charge on any atom is -0.310 e. The van der Waals surface area contributed by atoms with Crippen molar-refractivity contribution in [2.45, 2.75) is 38.3 Å². The highest BCUT2D eigenvalue weighted by Crippen LogP contribution is 2.34. The minimum atomic E-state index is -0.0398. The van der Waals surface area contributed by atoms with Gasteiger partial charge in [-0.2, -0.15) is 16.9 Å². The first-order chi connectivity index (χ1) is 9.40. The largest absolute Gasteiger partial charge is 0.310 e. The molecular weight excluding hydrogens is 272 g/mol. The standard InChI is InChI=1S/C14H24N4OS/c1-9(2)17(4)6-10(3)14(19)15-13-11-7-20-8-12(11)16-18(13)5/h9-10H,6-8H2,1-5H3,(H,15,19). The normalized spacial score (nSPS) is 15.8. The van der Waals surface area contributed by atoms with Gasteiger partial charge < -0.3 is 10.2 Å². The topological polar surface area (TPSA) is 50.2 Å². The van der Waals surface area contributed by atoms with E-state index < -0.39 is 0 Å². The number of hydrogen-bond acceptors (Lipinski definition) is 4. The molecule has 5 nitrogen and oxygen atoms in total. The number of nitrogens with zero attached hydrogens (tertiary/aromatic N) is 3. The molecule has 1 aromatic rings. The van der Waals surface area contributed by atoms with Crippen molar-refractivity contribution in [3.63, 3.8) is 0 Å². The van der Waals surface area contributed by atoms with Gasteiger partial charge in [0.1, 0.15) is 5.82 Å². The molecule has 1 N–H and O–H groups in total. The van der Waals surface area contributed by atoms with Gasteiger partial charge in [0, 0.05) is 42.6 Å². The summed E-state index contributed by atoms with van der Waals surface area (Å²) in [7, 11) is 3.94. The molecule has 20 heavy (non-hydrogen) atoms. The number of hydrogen-bond donors (Lipinski definition) is 1. The molecule has 0 fully saturated rings. The van der Waals surface area contributed by atoms with E-state index in [1.165, 1.54) is 5.56 Å². The lowest BCUT2D eigenvalue weighted by Crippen LogP contribution is -2.36. The molecule has 0 saturated heterocycles. The highest BCUT2D eigenvalue weighted by Gasteiger charge is 2.24. The van der Waals surface area contributed by atoms with Crippen LogP contribution in [0.15, 0.2) is 0 Å². The van der Waals surface area contributed by atoms with Crippen LogP contribution in [-0.2, 0) is 23.3 Å². The van der Waals surface area contributed by atoms with Crippen molar-refractivity contribution in [3.8, 4) is 0 Å². The fourth-order valence-corrected chi connectivity index (χ4v) is 3.30. The second-order valence-electron chi connectivity index (χ2n) is 5.81. The van der Waals surface area contributed by atoms with Gasteiger partial charge in [0.2, 0.25) is 5.91 Å². The first-order valence-electron chi connectivity index (χ1n) is 7.03. The second-order valence-corrected chi connectivity index (χ2v) is 6.80. The smallest absolute Gasteiger partial charge is 0.229 e. The maximum absolute atomic E-state index is 12.3. The van der Waals surface area contributed by atoms with Crippen LogP contribution in [0.3, 0.4) is 0 Å². The molecule has 1 aliphatic rings. The molecule has 1 atom stereocenters. The van der Waals surface area contributed by atoms with Gasteiger partial charge in [-0.15, -0.1) is 0 Å². The number of aryl methyl sites for hydroxylation is 1. The Bertz CT molecular complexity index is 498. The van der Waals surface area contributed by atoms with Crippen LogP contribution in [0.5, 0.6) is 0 Å². The van der Waals surface area contributed by atoms with Crippen molar-refractivity contribution in [2.75, 3.05) is 18.9 Å². The van der Waals surface area contributed by atoms with Crippen molar-refractivity contribution >= 4 is 23.5 Å². The molecule has 2 heterocycles. The summed E-state index contributed by atoms with van der Waals surface area (Å²) in [6, 6.07) is 0.447. The molecule has 1 unspecified atom stereocenters. The summed E-state index contributed by atoms with van der Waals surface area (Å²) in [5.74, 6) is 2.79. The molecule has 0 spiro atoms. The SMILES string of the molecule is CC(CN(C)C(C)C)C(=O)Nc1c2c(nn1C)CSC2. The molecule has 2 rings (SSSR count). The van der Waals surface area contributed by atoms with E-state index in [0.29, 0.717) is 6.04 Å². The van der Waals surface area contributed by atoms with Crippen LogP contribution in [0.4, 0.5) is 5.82 Å². The van der Waals surface area contributed by atoms with Gasteiger partial charge in [0.25, 0.3) is 0 Å². The summed E-state index contributed by atoms with van der Waals surface area (Å²) in [5, 5.41) is 7.52. The lowest BCUT2D eigenvalue weighted by Gasteiger charge is -2.24. The van der Waals surface area contributed by atoms with Crippen LogP contribution in [0.2, 0.25) is 0 Å².